The van der Waals surface area contributed by atoms with Crippen LogP contribution in [0.4, 0.5) is 0 Å². The topological polar surface area (TPSA) is 68.8 Å². The van der Waals surface area contributed by atoms with E-state index in [9.17, 15) is 0 Å². The fourth-order valence-corrected chi connectivity index (χ4v) is 2.60. The Bertz CT molecular complexity index is 349. The Kier molecular flexibility index (Phi) is 5.13. The molecule has 0 aliphatic heterocycles. The van der Waals surface area contributed by atoms with Gasteiger partial charge in [-0.05, 0) is 25.2 Å². The van der Waals surface area contributed by atoms with Gasteiger partial charge in [0.1, 0.15) is 0 Å². The molecule has 2 atom stereocenters. The molecule has 2 unspecified atom stereocenters. The molecule has 1 aliphatic rings. The van der Waals surface area contributed by atoms with Crippen molar-refractivity contribution in [2.24, 2.45) is 11.7 Å². The zero-order chi connectivity index (χ0) is 12.8. The molecule has 1 saturated carbocycles. The van der Waals surface area contributed by atoms with Gasteiger partial charge < -0.3 is 11.1 Å². The Hall–Kier alpha value is -0.940. The van der Waals surface area contributed by atoms with E-state index < -0.39 is 0 Å². The van der Waals surface area contributed by atoms with Gasteiger partial charge in [0.2, 0.25) is 0 Å². The van der Waals surface area contributed by atoms with Gasteiger partial charge in [0.15, 0.2) is 0 Å². The summed E-state index contributed by atoms with van der Waals surface area (Å²) in [7, 11) is 0. The summed E-state index contributed by atoms with van der Waals surface area (Å²) in [4.78, 5) is 0. The van der Waals surface area contributed by atoms with Crippen molar-refractivity contribution < 1.29 is 0 Å². The van der Waals surface area contributed by atoms with E-state index in [-0.39, 0.29) is 0 Å². The van der Waals surface area contributed by atoms with Crippen molar-refractivity contribution in [2.45, 2.75) is 58.2 Å². The van der Waals surface area contributed by atoms with E-state index in [0.29, 0.717) is 12.6 Å². The third-order valence-corrected chi connectivity index (χ3v) is 3.77. The van der Waals surface area contributed by atoms with Gasteiger partial charge in [-0.15, -0.1) is 5.10 Å². The van der Waals surface area contributed by atoms with E-state index in [1.165, 1.54) is 32.1 Å². The largest absolute Gasteiger partial charge is 0.329 e. The van der Waals surface area contributed by atoms with E-state index in [2.05, 4.69) is 22.6 Å². The first-order valence-corrected chi connectivity index (χ1v) is 7.10. The van der Waals surface area contributed by atoms with E-state index in [1.54, 1.807) is 0 Å². The van der Waals surface area contributed by atoms with Crippen LogP contribution in [0.25, 0.3) is 0 Å². The van der Waals surface area contributed by atoms with Crippen LogP contribution < -0.4 is 11.1 Å². The van der Waals surface area contributed by atoms with Gasteiger partial charge in [-0.1, -0.05) is 25.0 Å². The summed E-state index contributed by atoms with van der Waals surface area (Å²) in [6.45, 7) is 4.54. The Morgan fingerprint density at radius 2 is 2.28 bits per heavy atom. The average molecular weight is 251 g/mol. The molecule has 5 heteroatoms. The quantitative estimate of drug-likeness (QED) is 0.774. The molecular formula is C13H25N5. The molecule has 0 aromatic carbocycles. The number of nitrogens with two attached hydrogens (primary N) is 1. The molecule has 0 saturated heterocycles. The molecule has 5 nitrogen and oxygen atoms in total. The molecule has 1 heterocycles. The summed E-state index contributed by atoms with van der Waals surface area (Å²) in [6, 6.07) is 0.648. The molecule has 1 aliphatic carbocycles. The summed E-state index contributed by atoms with van der Waals surface area (Å²) in [6.07, 6.45) is 8.64. The Labute approximate surface area is 109 Å². The normalized spacial score (nSPS) is 25.0. The van der Waals surface area contributed by atoms with Gasteiger partial charge in [0.25, 0.3) is 0 Å². The van der Waals surface area contributed by atoms with Crippen molar-refractivity contribution in [1.82, 2.24) is 20.3 Å². The predicted octanol–water partition coefficient (Wildman–Crippen LogP) is 1.30. The van der Waals surface area contributed by atoms with Crippen LogP contribution in [0.15, 0.2) is 6.20 Å². The number of nitrogens with zero attached hydrogens (tertiary/aromatic N) is 3. The number of hydrogen-bond donors (Lipinski definition) is 2. The Balaban J connectivity index is 1.76. The minimum absolute atomic E-state index is 0.608. The lowest BCUT2D eigenvalue weighted by Crippen LogP contribution is -2.28. The van der Waals surface area contributed by atoms with Gasteiger partial charge in [0, 0.05) is 25.3 Å². The highest BCUT2D eigenvalue weighted by molar-refractivity contribution is 4.92. The average Bonchev–Trinajstić information content (AvgIpc) is 2.70. The maximum atomic E-state index is 5.49. The van der Waals surface area contributed by atoms with Crippen LogP contribution in [0.1, 0.15) is 44.7 Å². The molecular weight excluding hydrogens is 226 g/mol. The first-order chi connectivity index (χ1) is 8.78. The summed E-state index contributed by atoms with van der Waals surface area (Å²) in [5.74, 6) is 0.891. The van der Waals surface area contributed by atoms with Crippen molar-refractivity contribution in [1.29, 1.82) is 0 Å². The molecule has 0 radical (unpaired) electrons. The Morgan fingerprint density at radius 3 is 3.11 bits per heavy atom. The van der Waals surface area contributed by atoms with Crippen LogP contribution in [-0.4, -0.2) is 27.6 Å². The van der Waals surface area contributed by atoms with Crippen molar-refractivity contribution >= 4 is 0 Å². The first kappa shape index (κ1) is 13.5. The molecule has 1 aromatic rings. The third-order valence-electron chi connectivity index (χ3n) is 3.77. The van der Waals surface area contributed by atoms with Crippen LogP contribution >= 0.6 is 0 Å². The summed E-state index contributed by atoms with van der Waals surface area (Å²) in [5.41, 5.74) is 6.50. The van der Waals surface area contributed by atoms with Gasteiger partial charge in [-0.3, -0.25) is 4.68 Å². The van der Waals surface area contributed by atoms with Crippen molar-refractivity contribution in [2.75, 3.05) is 6.54 Å². The van der Waals surface area contributed by atoms with Crippen LogP contribution in [0.3, 0.4) is 0 Å². The molecule has 1 fully saturated rings. The highest BCUT2D eigenvalue weighted by atomic mass is 15.4. The SMILES string of the molecule is CC1CCCC(NCc2cn(CCN)nn2)CC1. The maximum Gasteiger partial charge on any atom is 0.0964 e. The maximum absolute atomic E-state index is 5.49. The van der Waals surface area contributed by atoms with Crippen LogP contribution in [0, 0.1) is 5.92 Å². The smallest absolute Gasteiger partial charge is 0.0964 e. The Morgan fingerprint density at radius 1 is 1.39 bits per heavy atom. The number of aromatic nitrogens is 3. The highest BCUT2D eigenvalue weighted by Crippen LogP contribution is 2.22. The second-order valence-electron chi connectivity index (χ2n) is 5.45. The lowest BCUT2D eigenvalue weighted by molar-refractivity contribution is 0.445. The van der Waals surface area contributed by atoms with Crippen LogP contribution in [0.2, 0.25) is 0 Å². The number of hydrogen-bond acceptors (Lipinski definition) is 4. The van der Waals surface area contributed by atoms with Gasteiger partial charge in [0.05, 0.1) is 12.2 Å². The molecule has 3 N–H and O–H groups in total. The third kappa shape index (κ3) is 4.07. The lowest BCUT2D eigenvalue weighted by Gasteiger charge is -2.15. The molecule has 102 valence electrons. The van der Waals surface area contributed by atoms with Gasteiger partial charge in [-0.2, -0.15) is 0 Å². The minimum atomic E-state index is 0.608. The van der Waals surface area contributed by atoms with Crippen molar-refractivity contribution in [3.8, 4) is 0 Å². The minimum Gasteiger partial charge on any atom is -0.329 e. The second-order valence-corrected chi connectivity index (χ2v) is 5.45. The number of nitrogens with one attached hydrogen (secondary N) is 1. The van der Waals surface area contributed by atoms with Gasteiger partial charge >= 0.3 is 0 Å². The van der Waals surface area contributed by atoms with Crippen LogP contribution in [0.5, 0.6) is 0 Å². The summed E-state index contributed by atoms with van der Waals surface area (Å²) in [5, 5.41) is 11.8. The molecule has 0 spiro atoms. The molecule has 0 amide bonds. The van der Waals surface area contributed by atoms with E-state index in [1.807, 2.05) is 10.9 Å². The molecule has 0 bridgehead atoms. The van der Waals surface area contributed by atoms with E-state index >= 15 is 0 Å². The highest BCUT2D eigenvalue weighted by Gasteiger charge is 2.15. The fraction of sp³-hybridized carbons (Fsp3) is 0.846. The zero-order valence-corrected chi connectivity index (χ0v) is 11.3. The monoisotopic (exact) mass is 251 g/mol. The van der Waals surface area contributed by atoms with E-state index in [0.717, 1.165) is 24.7 Å². The molecule has 18 heavy (non-hydrogen) atoms. The van der Waals surface area contributed by atoms with E-state index in [4.69, 9.17) is 5.73 Å². The lowest BCUT2D eigenvalue weighted by atomic mass is 10.0. The van der Waals surface area contributed by atoms with Gasteiger partial charge in [-0.25, -0.2) is 0 Å². The summed E-state index contributed by atoms with van der Waals surface area (Å²) < 4.78 is 1.81. The first-order valence-electron chi connectivity index (χ1n) is 7.10. The van der Waals surface area contributed by atoms with Crippen LogP contribution in [-0.2, 0) is 13.1 Å². The zero-order valence-electron chi connectivity index (χ0n) is 11.3. The number of rotatable bonds is 5. The fourth-order valence-electron chi connectivity index (χ4n) is 2.60. The summed E-state index contributed by atoms with van der Waals surface area (Å²) >= 11 is 0. The second kappa shape index (κ2) is 6.85. The predicted molar refractivity (Wildman–Crippen MR) is 72.0 cm³/mol. The van der Waals surface area contributed by atoms with Crippen molar-refractivity contribution in [3.63, 3.8) is 0 Å². The molecule has 2 rings (SSSR count). The van der Waals surface area contributed by atoms with Crippen molar-refractivity contribution in [3.05, 3.63) is 11.9 Å². The standard InChI is InChI=1S/C13H25N5/c1-11-3-2-4-12(6-5-11)15-9-13-10-18(8-7-14)17-16-13/h10-12,15H,2-9,14H2,1H3. The molecule has 1 aromatic heterocycles.